The second kappa shape index (κ2) is 10.1. The molecule has 2 aromatic rings. The van der Waals surface area contributed by atoms with Crippen LogP contribution in [0.2, 0.25) is 0 Å². The highest BCUT2D eigenvalue weighted by atomic mass is 19.1. The first-order valence-electron chi connectivity index (χ1n) is 9.74. The summed E-state index contributed by atoms with van der Waals surface area (Å²) in [6.07, 6.45) is 2.96. The number of piperazine rings is 1. The van der Waals surface area contributed by atoms with E-state index >= 15 is 0 Å². The second-order valence-corrected chi connectivity index (χ2v) is 7.03. The van der Waals surface area contributed by atoms with E-state index < -0.39 is 0 Å². The minimum absolute atomic E-state index is 0.000970. The molecule has 144 valence electrons. The number of carbonyl (C=O) groups is 1. The standard InChI is InChI=1S/C22H28FN3O/c23-21-10-8-20(9-11-21)12-13-24-22(27)26-17-15-25(16-18-26)14-4-7-19-5-2-1-3-6-19/h1-3,5-6,8-11H,4,7,12-18H2,(H,24,27). The fourth-order valence-corrected chi connectivity index (χ4v) is 3.40. The summed E-state index contributed by atoms with van der Waals surface area (Å²) < 4.78 is 12.9. The normalized spacial score (nSPS) is 14.9. The van der Waals surface area contributed by atoms with Crippen molar-refractivity contribution in [1.82, 2.24) is 15.1 Å². The third kappa shape index (κ3) is 6.36. The Morgan fingerprint density at radius 1 is 0.889 bits per heavy atom. The molecule has 1 saturated heterocycles. The van der Waals surface area contributed by atoms with Gasteiger partial charge in [0.25, 0.3) is 0 Å². The van der Waals surface area contributed by atoms with Crippen molar-refractivity contribution < 1.29 is 9.18 Å². The molecule has 0 aliphatic carbocycles. The molecule has 0 bridgehead atoms. The number of aryl methyl sites for hydroxylation is 1. The van der Waals surface area contributed by atoms with E-state index in [1.165, 1.54) is 17.7 Å². The Bertz CT molecular complexity index is 697. The van der Waals surface area contributed by atoms with Crippen LogP contribution in [0.5, 0.6) is 0 Å². The van der Waals surface area contributed by atoms with Gasteiger partial charge in [-0.2, -0.15) is 0 Å². The highest BCUT2D eigenvalue weighted by molar-refractivity contribution is 5.74. The zero-order chi connectivity index (χ0) is 18.9. The Balaban J connectivity index is 1.30. The molecule has 0 unspecified atom stereocenters. The van der Waals surface area contributed by atoms with Gasteiger partial charge in [-0.3, -0.25) is 4.90 Å². The molecule has 3 rings (SSSR count). The van der Waals surface area contributed by atoms with Crippen LogP contribution in [-0.2, 0) is 12.8 Å². The molecule has 1 N–H and O–H groups in total. The zero-order valence-corrected chi connectivity index (χ0v) is 15.7. The highest BCUT2D eigenvalue weighted by Gasteiger charge is 2.20. The van der Waals surface area contributed by atoms with E-state index in [0.29, 0.717) is 13.0 Å². The number of hydrogen-bond donors (Lipinski definition) is 1. The average Bonchev–Trinajstić information content (AvgIpc) is 2.71. The molecule has 27 heavy (non-hydrogen) atoms. The molecule has 1 aliphatic heterocycles. The van der Waals surface area contributed by atoms with Crippen molar-refractivity contribution in [2.24, 2.45) is 0 Å². The van der Waals surface area contributed by atoms with Crippen molar-refractivity contribution in [3.05, 3.63) is 71.5 Å². The molecule has 2 amide bonds. The van der Waals surface area contributed by atoms with Crippen LogP contribution < -0.4 is 5.32 Å². The molecule has 4 nitrogen and oxygen atoms in total. The van der Waals surface area contributed by atoms with Gasteiger partial charge in [-0.25, -0.2) is 9.18 Å². The lowest BCUT2D eigenvalue weighted by Gasteiger charge is -2.34. The van der Waals surface area contributed by atoms with Crippen molar-refractivity contribution in [2.75, 3.05) is 39.3 Å². The first-order chi connectivity index (χ1) is 13.2. The summed E-state index contributed by atoms with van der Waals surface area (Å²) in [7, 11) is 0. The summed E-state index contributed by atoms with van der Waals surface area (Å²) in [6.45, 7) is 5.05. The van der Waals surface area contributed by atoms with Crippen LogP contribution >= 0.6 is 0 Å². The average molecular weight is 369 g/mol. The van der Waals surface area contributed by atoms with E-state index in [2.05, 4.69) is 34.5 Å². The molecule has 2 aromatic carbocycles. The minimum Gasteiger partial charge on any atom is -0.338 e. The molecular weight excluding hydrogens is 341 g/mol. The molecule has 0 aromatic heterocycles. The Kier molecular flexibility index (Phi) is 7.22. The van der Waals surface area contributed by atoms with Gasteiger partial charge in [-0.15, -0.1) is 0 Å². The fraction of sp³-hybridized carbons (Fsp3) is 0.409. The number of nitrogens with one attached hydrogen (secondary N) is 1. The lowest BCUT2D eigenvalue weighted by atomic mass is 10.1. The van der Waals surface area contributed by atoms with Crippen molar-refractivity contribution in [1.29, 1.82) is 0 Å². The smallest absolute Gasteiger partial charge is 0.317 e. The van der Waals surface area contributed by atoms with E-state index in [1.807, 2.05) is 11.0 Å². The van der Waals surface area contributed by atoms with Crippen molar-refractivity contribution in [3.8, 4) is 0 Å². The quantitative estimate of drug-likeness (QED) is 0.813. The topological polar surface area (TPSA) is 35.6 Å². The molecule has 1 heterocycles. The number of halogens is 1. The van der Waals surface area contributed by atoms with Crippen LogP contribution in [0.25, 0.3) is 0 Å². The summed E-state index contributed by atoms with van der Waals surface area (Å²) in [5.41, 5.74) is 2.41. The van der Waals surface area contributed by atoms with Crippen LogP contribution in [0.4, 0.5) is 9.18 Å². The lowest BCUT2D eigenvalue weighted by Crippen LogP contribution is -2.52. The number of rotatable bonds is 7. The van der Waals surface area contributed by atoms with Gasteiger partial charge < -0.3 is 10.2 Å². The Hall–Kier alpha value is -2.40. The van der Waals surface area contributed by atoms with Gasteiger partial charge >= 0.3 is 6.03 Å². The zero-order valence-electron chi connectivity index (χ0n) is 15.7. The maximum atomic E-state index is 12.9. The van der Waals surface area contributed by atoms with Gasteiger partial charge in [0.2, 0.25) is 0 Å². The molecular formula is C22H28FN3O. The lowest BCUT2D eigenvalue weighted by molar-refractivity contribution is 0.138. The summed E-state index contributed by atoms with van der Waals surface area (Å²) in [4.78, 5) is 16.6. The van der Waals surface area contributed by atoms with Gasteiger partial charge in [0.15, 0.2) is 0 Å². The Labute approximate surface area is 161 Å². The van der Waals surface area contributed by atoms with Crippen LogP contribution in [0.1, 0.15) is 17.5 Å². The maximum Gasteiger partial charge on any atom is 0.317 e. The van der Waals surface area contributed by atoms with Crippen LogP contribution in [0.15, 0.2) is 54.6 Å². The molecule has 1 fully saturated rings. The number of amides is 2. The predicted molar refractivity (Wildman–Crippen MR) is 106 cm³/mol. The van der Waals surface area contributed by atoms with Gasteiger partial charge in [0, 0.05) is 32.7 Å². The third-order valence-corrected chi connectivity index (χ3v) is 5.05. The number of nitrogens with zero attached hydrogens (tertiary/aromatic N) is 2. The van der Waals surface area contributed by atoms with Gasteiger partial charge in [0.05, 0.1) is 0 Å². The van der Waals surface area contributed by atoms with Gasteiger partial charge in [-0.1, -0.05) is 42.5 Å². The molecule has 5 heteroatoms. The first-order valence-corrected chi connectivity index (χ1v) is 9.74. The third-order valence-electron chi connectivity index (χ3n) is 5.05. The Morgan fingerprint density at radius 2 is 1.56 bits per heavy atom. The monoisotopic (exact) mass is 369 g/mol. The van der Waals surface area contributed by atoms with Crippen LogP contribution in [0.3, 0.4) is 0 Å². The van der Waals surface area contributed by atoms with Crippen molar-refractivity contribution >= 4 is 6.03 Å². The summed E-state index contributed by atoms with van der Waals surface area (Å²) in [5.74, 6) is -0.232. The van der Waals surface area contributed by atoms with Crippen LogP contribution in [-0.4, -0.2) is 55.1 Å². The first kappa shape index (κ1) is 19.4. The van der Waals surface area contributed by atoms with E-state index in [9.17, 15) is 9.18 Å². The SMILES string of the molecule is O=C(NCCc1ccc(F)cc1)N1CCN(CCCc2ccccc2)CC1. The van der Waals surface area contributed by atoms with Gasteiger partial charge in [0.1, 0.15) is 5.82 Å². The summed E-state index contributed by atoms with van der Waals surface area (Å²) in [5, 5.41) is 2.97. The molecule has 0 radical (unpaired) electrons. The highest BCUT2D eigenvalue weighted by Crippen LogP contribution is 2.07. The minimum atomic E-state index is -0.232. The summed E-state index contributed by atoms with van der Waals surface area (Å²) >= 11 is 0. The van der Waals surface area contributed by atoms with Gasteiger partial charge in [-0.05, 0) is 49.1 Å². The van der Waals surface area contributed by atoms with Crippen molar-refractivity contribution in [2.45, 2.75) is 19.3 Å². The van der Waals surface area contributed by atoms with Crippen LogP contribution in [0, 0.1) is 5.82 Å². The molecule has 0 saturated carbocycles. The Morgan fingerprint density at radius 3 is 2.26 bits per heavy atom. The largest absolute Gasteiger partial charge is 0.338 e. The number of carbonyl (C=O) groups excluding carboxylic acids is 1. The predicted octanol–water partition coefficient (Wildman–Crippen LogP) is 3.33. The number of hydrogen-bond acceptors (Lipinski definition) is 2. The fourth-order valence-electron chi connectivity index (χ4n) is 3.40. The number of urea groups is 1. The molecule has 0 spiro atoms. The van der Waals surface area contributed by atoms with E-state index in [-0.39, 0.29) is 11.8 Å². The molecule has 0 atom stereocenters. The van der Waals surface area contributed by atoms with E-state index in [4.69, 9.17) is 0 Å². The molecule has 1 aliphatic rings. The second-order valence-electron chi connectivity index (χ2n) is 7.03. The van der Waals surface area contributed by atoms with E-state index in [1.54, 1.807) is 12.1 Å². The maximum absolute atomic E-state index is 12.9. The summed E-state index contributed by atoms with van der Waals surface area (Å²) in [6, 6.07) is 17.0. The van der Waals surface area contributed by atoms with E-state index in [0.717, 1.165) is 51.1 Å². The van der Waals surface area contributed by atoms with Crippen molar-refractivity contribution in [3.63, 3.8) is 0 Å². The number of benzene rings is 2.